The number of fused-ring (bicyclic) bond motifs is 6. The summed E-state index contributed by atoms with van der Waals surface area (Å²) in [5.41, 5.74) is 26.2. The Morgan fingerprint density at radius 1 is 0.459 bits per heavy atom. The lowest BCUT2D eigenvalue weighted by molar-refractivity contribution is 0.332. The van der Waals surface area contributed by atoms with Gasteiger partial charge in [-0.25, -0.2) is 0 Å². The molecule has 6 aromatic rings. The van der Waals surface area contributed by atoms with Crippen LogP contribution in [0.5, 0.6) is 0 Å². The van der Waals surface area contributed by atoms with Crippen LogP contribution in [0.2, 0.25) is 0 Å². The molecule has 2 aliphatic carbocycles. The summed E-state index contributed by atoms with van der Waals surface area (Å²) in [5, 5.41) is 0. The van der Waals surface area contributed by atoms with E-state index in [9.17, 15) is 0 Å². The van der Waals surface area contributed by atoms with Crippen molar-refractivity contribution in [1.29, 1.82) is 0 Å². The molecule has 0 unspecified atom stereocenters. The lowest BCUT2D eigenvalue weighted by atomic mass is 9.33. The fraction of sp³-hybridized carbons (Fsp3) is 0.379. The summed E-state index contributed by atoms with van der Waals surface area (Å²) in [6.07, 6.45) is 3.52. The van der Waals surface area contributed by atoms with Crippen LogP contribution in [0.3, 0.4) is 0 Å². The summed E-state index contributed by atoms with van der Waals surface area (Å²) in [6, 6.07) is 40.8. The quantitative estimate of drug-likeness (QED) is 0.164. The van der Waals surface area contributed by atoms with Crippen molar-refractivity contribution in [2.45, 2.75) is 143 Å². The van der Waals surface area contributed by atoms with Crippen molar-refractivity contribution in [1.82, 2.24) is 0 Å². The largest absolute Gasteiger partial charge is 0.311 e. The first-order valence-corrected chi connectivity index (χ1v) is 23.0. The number of anilines is 6. The predicted molar refractivity (Wildman–Crippen MR) is 265 cm³/mol. The molecule has 0 bridgehead atoms. The highest BCUT2D eigenvalue weighted by Gasteiger charge is 2.48. The molecule has 0 radical (unpaired) electrons. The second-order valence-corrected chi connectivity index (χ2v) is 23.1. The molecule has 4 aliphatic rings. The molecule has 310 valence electrons. The molecule has 0 fully saturated rings. The molecule has 3 heteroatoms. The van der Waals surface area contributed by atoms with E-state index in [-0.39, 0.29) is 33.8 Å². The van der Waals surface area contributed by atoms with Gasteiger partial charge in [-0.15, -0.1) is 0 Å². The minimum Gasteiger partial charge on any atom is -0.311 e. The molecule has 0 saturated carbocycles. The van der Waals surface area contributed by atoms with Crippen LogP contribution in [0.4, 0.5) is 34.1 Å². The molecule has 2 nitrogen and oxygen atoms in total. The van der Waals surface area contributed by atoms with Crippen molar-refractivity contribution < 1.29 is 0 Å². The molecule has 10 rings (SSSR count). The summed E-state index contributed by atoms with van der Waals surface area (Å²) in [7, 11) is 0. The number of benzene rings is 6. The van der Waals surface area contributed by atoms with E-state index in [1.165, 1.54) is 119 Å². The number of hydrogen-bond acceptors (Lipinski definition) is 2. The predicted octanol–water partition coefficient (Wildman–Crippen LogP) is 14.0. The van der Waals surface area contributed by atoms with E-state index in [2.05, 4.69) is 210 Å². The Bertz CT molecular complexity index is 2810. The third kappa shape index (κ3) is 6.03. The maximum absolute atomic E-state index is 2.72. The summed E-state index contributed by atoms with van der Waals surface area (Å²) >= 11 is 0. The number of rotatable bonds is 3. The van der Waals surface area contributed by atoms with Crippen LogP contribution in [0.1, 0.15) is 140 Å². The highest BCUT2D eigenvalue weighted by atomic mass is 15.2. The summed E-state index contributed by atoms with van der Waals surface area (Å²) in [5.74, 6) is 0. The lowest BCUT2D eigenvalue weighted by Gasteiger charge is -2.48. The minimum absolute atomic E-state index is 0.00298. The van der Waals surface area contributed by atoms with Gasteiger partial charge >= 0.3 is 0 Å². The van der Waals surface area contributed by atoms with Gasteiger partial charge in [-0.2, -0.15) is 0 Å². The molecule has 0 spiro atoms. The van der Waals surface area contributed by atoms with E-state index < -0.39 is 0 Å². The molecular formula is C58H65BN2. The SMILES string of the molecule is Cc1cc2c3c(c1)N(c1cc4c(cc1C)C(C)(C)CC4(C)C)c1cc4c(cc1B3c1cc(C(C)(C)C)ccc1N2c1ccc(-c2ccccc2)cc1C)C(C)(C)CCC4(C)C. The number of aryl methyl sites for hydroxylation is 3. The van der Waals surface area contributed by atoms with Crippen LogP contribution < -0.4 is 26.2 Å². The Kier molecular flexibility index (Phi) is 8.55. The van der Waals surface area contributed by atoms with E-state index in [0.717, 1.165) is 6.42 Å². The molecule has 6 aromatic carbocycles. The highest BCUT2D eigenvalue weighted by Crippen LogP contribution is 2.55. The minimum atomic E-state index is -0.00298. The first-order chi connectivity index (χ1) is 28.6. The van der Waals surface area contributed by atoms with E-state index in [1.54, 1.807) is 0 Å². The zero-order valence-electron chi connectivity index (χ0n) is 39.4. The van der Waals surface area contributed by atoms with Gasteiger partial charge in [0.05, 0.1) is 0 Å². The fourth-order valence-electron chi connectivity index (χ4n) is 12.3. The standard InChI is InChI=1S/C58H65BN2/c1-35-26-51-53-52(27-35)61(49-32-44-41(29-37(49)3)57(11,12)34-58(44,13)14)50-33-43-42(55(7,8)24-25-56(43,9)10)31-46(50)59(53)45-30-40(54(4,5)6)21-23-48(45)60(51)47-22-20-39(28-36(47)2)38-18-16-15-17-19-38/h15-23,26-33H,24-25,34H2,1-14H3. The van der Waals surface area contributed by atoms with Gasteiger partial charge in [-0.05, 0) is 182 Å². The van der Waals surface area contributed by atoms with Crippen LogP contribution in [0.25, 0.3) is 11.1 Å². The average molecular weight is 801 g/mol. The summed E-state index contributed by atoms with van der Waals surface area (Å²) in [6.45, 7) is 33.9. The third-order valence-electron chi connectivity index (χ3n) is 15.5. The van der Waals surface area contributed by atoms with Crippen LogP contribution >= 0.6 is 0 Å². The van der Waals surface area contributed by atoms with Gasteiger partial charge < -0.3 is 9.80 Å². The van der Waals surface area contributed by atoms with Crippen LogP contribution in [-0.2, 0) is 27.1 Å². The first kappa shape index (κ1) is 40.1. The van der Waals surface area contributed by atoms with Crippen molar-refractivity contribution in [3.63, 3.8) is 0 Å². The van der Waals surface area contributed by atoms with Crippen molar-refractivity contribution in [3.8, 4) is 11.1 Å². The molecule has 0 N–H and O–H groups in total. The molecular weight excluding hydrogens is 735 g/mol. The van der Waals surface area contributed by atoms with Gasteiger partial charge in [-0.3, -0.25) is 0 Å². The molecule has 0 aromatic heterocycles. The number of nitrogens with zero attached hydrogens (tertiary/aromatic N) is 2. The van der Waals surface area contributed by atoms with E-state index >= 15 is 0 Å². The van der Waals surface area contributed by atoms with Crippen molar-refractivity contribution >= 4 is 57.2 Å². The maximum atomic E-state index is 2.72. The van der Waals surface area contributed by atoms with Gasteiger partial charge in [-0.1, -0.05) is 137 Å². The summed E-state index contributed by atoms with van der Waals surface area (Å²) in [4.78, 5) is 5.33. The Morgan fingerprint density at radius 3 is 1.61 bits per heavy atom. The molecule has 0 amide bonds. The van der Waals surface area contributed by atoms with Crippen LogP contribution in [0.15, 0.2) is 103 Å². The third-order valence-corrected chi connectivity index (χ3v) is 15.5. The van der Waals surface area contributed by atoms with Gasteiger partial charge in [0, 0.05) is 34.1 Å². The average Bonchev–Trinajstić information content (AvgIpc) is 3.37. The monoisotopic (exact) mass is 801 g/mol. The maximum Gasteiger partial charge on any atom is 0.252 e. The Labute approximate surface area is 367 Å². The Morgan fingerprint density at radius 2 is 0.984 bits per heavy atom. The highest BCUT2D eigenvalue weighted by molar-refractivity contribution is 7.00. The molecule has 61 heavy (non-hydrogen) atoms. The van der Waals surface area contributed by atoms with Gasteiger partial charge in [0.1, 0.15) is 0 Å². The van der Waals surface area contributed by atoms with Crippen LogP contribution in [0, 0.1) is 20.8 Å². The first-order valence-electron chi connectivity index (χ1n) is 23.0. The van der Waals surface area contributed by atoms with Gasteiger partial charge in [0.25, 0.3) is 6.71 Å². The van der Waals surface area contributed by atoms with Gasteiger partial charge in [0.15, 0.2) is 0 Å². The number of hydrogen-bond donors (Lipinski definition) is 0. The van der Waals surface area contributed by atoms with E-state index in [4.69, 9.17) is 0 Å². The molecule has 0 atom stereocenters. The second-order valence-electron chi connectivity index (χ2n) is 23.1. The van der Waals surface area contributed by atoms with Crippen molar-refractivity contribution in [3.05, 3.63) is 148 Å². The van der Waals surface area contributed by atoms with E-state index in [0.29, 0.717) is 0 Å². The lowest BCUT2D eigenvalue weighted by Crippen LogP contribution is -2.62. The van der Waals surface area contributed by atoms with E-state index in [1.807, 2.05) is 0 Å². The topological polar surface area (TPSA) is 6.48 Å². The summed E-state index contributed by atoms with van der Waals surface area (Å²) < 4.78 is 0. The molecule has 0 saturated heterocycles. The molecule has 2 aliphatic heterocycles. The Balaban J connectivity index is 1.32. The normalized spacial score (nSPS) is 18.6. The second kappa shape index (κ2) is 13.0. The zero-order valence-corrected chi connectivity index (χ0v) is 39.4. The Hall–Kier alpha value is -5.02. The smallest absolute Gasteiger partial charge is 0.252 e. The van der Waals surface area contributed by atoms with Gasteiger partial charge in [0.2, 0.25) is 0 Å². The van der Waals surface area contributed by atoms with Crippen LogP contribution in [-0.4, -0.2) is 6.71 Å². The molecule has 2 heterocycles. The van der Waals surface area contributed by atoms with Crippen molar-refractivity contribution in [2.24, 2.45) is 0 Å². The fourth-order valence-corrected chi connectivity index (χ4v) is 12.3. The zero-order chi connectivity index (χ0) is 43.3. The van der Waals surface area contributed by atoms with Crippen molar-refractivity contribution in [2.75, 3.05) is 9.80 Å².